The second-order valence-corrected chi connectivity index (χ2v) is 5.20. The van der Waals surface area contributed by atoms with Gasteiger partial charge in [0.1, 0.15) is 0 Å². The lowest BCUT2D eigenvalue weighted by Crippen LogP contribution is -2.32. The molecule has 0 aromatic heterocycles. The lowest BCUT2D eigenvalue weighted by atomic mass is 9.95. The quantitative estimate of drug-likeness (QED) is 0.870. The van der Waals surface area contributed by atoms with Gasteiger partial charge in [-0.15, -0.1) is 0 Å². The molecular weight excluding hydrogens is 256 g/mol. The molecule has 1 aromatic rings. The number of ether oxygens (including phenoxy) is 3. The third kappa shape index (κ3) is 3.87. The van der Waals surface area contributed by atoms with Crippen LogP contribution in [0, 0.1) is 0 Å². The molecule has 0 bridgehead atoms. The third-order valence-electron chi connectivity index (χ3n) is 3.84. The Hall–Kier alpha value is -1.26. The van der Waals surface area contributed by atoms with Crippen LogP contribution in [0.4, 0.5) is 0 Å². The fourth-order valence-corrected chi connectivity index (χ4v) is 2.64. The number of aliphatic hydroxyl groups is 1. The Balaban J connectivity index is 1.84. The summed E-state index contributed by atoms with van der Waals surface area (Å²) in [6.07, 6.45) is 4.60. The van der Waals surface area contributed by atoms with Crippen molar-refractivity contribution in [1.82, 2.24) is 0 Å². The van der Waals surface area contributed by atoms with Crippen LogP contribution >= 0.6 is 0 Å². The van der Waals surface area contributed by atoms with Crippen LogP contribution in [0.5, 0.6) is 11.5 Å². The molecule has 1 saturated carbocycles. The summed E-state index contributed by atoms with van der Waals surface area (Å²) in [4.78, 5) is 0. The third-order valence-corrected chi connectivity index (χ3v) is 3.84. The van der Waals surface area contributed by atoms with E-state index in [4.69, 9.17) is 14.2 Å². The largest absolute Gasteiger partial charge is 0.493 e. The van der Waals surface area contributed by atoms with Crippen molar-refractivity contribution in [1.29, 1.82) is 0 Å². The molecule has 4 heteroatoms. The summed E-state index contributed by atoms with van der Waals surface area (Å²) in [6, 6.07) is 5.89. The number of rotatable bonds is 6. The van der Waals surface area contributed by atoms with Gasteiger partial charge < -0.3 is 19.3 Å². The summed E-state index contributed by atoms with van der Waals surface area (Å²) in [5.74, 6) is 1.47. The van der Waals surface area contributed by atoms with Gasteiger partial charge in [-0.2, -0.15) is 0 Å². The molecule has 112 valence electrons. The van der Waals surface area contributed by atoms with Crippen LogP contribution in [0.2, 0.25) is 0 Å². The number of aliphatic hydroxyl groups excluding tert-OH is 1. The van der Waals surface area contributed by atoms with Crippen molar-refractivity contribution >= 4 is 0 Å². The van der Waals surface area contributed by atoms with Gasteiger partial charge in [0.2, 0.25) is 0 Å². The molecule has 2 rings (SSSR count). The molecule has 0 aliphatic heterocycles. The summed E-state index contributed by atoms with van der Waals surface area (Å²) in [6.45, 7) is 0.622. The van der Waals surface area contributed by atoms with Crippen molar-refractivity contribution in [2.24, 2.45) is 0 Å². The minimum absolute atomic E-state index is 0.00361. The first-order chi connectivity index (χ1) is 9.74. The first-order valence-electron chi connectivity index (χ1n) is 7.25. The van der Waals surface area contributed by atoms with Gasteiger partial charge in [-0.25, -0.2) is 0 Å². The summed E-state index contributed by atoms with van der Waals surface area (Å²) in [7, 11) is 3.27. The van der Waals surface area contributed by atoms with Crippen LogP contribution in [-0.4, -0.2) is 38.1 Å². The molecule has 4 nitrogen and oxygen atoms in total. The van der Waals surface area contributed by atoms with E-state index in [2.05, 4.69) is 0 Å². The fourth-order valence-electron chi connectivity index (χ4n) is 2.64. The summed E-state index contributed by atoms with van der Waals surface area (Å²) >= 11 is 0. The van der Waals surface area contributed by atoms with E-state index in [1.165, 1.54) is 0 Å². The van der Waals surface area contributed by atoms with Crippen LogP contribution in [0.15, 0.2) is 18.2 Å². The molecule has 0 radical (unpaired) electrons. The zero-order valence-corrected chi connectivity index (χ0v) is 12.3. The normalized spacial score (nSPS) is 22.6. The first-order valence-corrected chi connectivity index (χ1v) is 7.25. The smallest absolute Gasteiger partial charge is 0.160 e. The highest BCUT2D eigenvalue weighted by atomic mass is 16.5. The van der Waals surface area contributed by atoms with Crippen molar-refractivity contribution in [2.45, 2.75) is 44.3 Å². The average Bonchev–Trinajstić information content (AvgIpc) is 2.49. The standard InChI is InChI=1S/C16H24O4/c1-18-15-8-7-12(11-16(15)19-2)9-10-20-14-6-4-3-5-13(14)17/h7-8,11,13-14,17H,3-6,9-10H2,1-2H3/t13-,14?/m1/s1. The van der Waals surface area contributed by atoms with Gasteiger partial charge in [0.05, 0.1) is 33.0 Å². The second kappa shape index (κ2) is 7.50. The molecule has 1 aliphatic rings. The highest BCUT2D eigenvalue weighted by molar-refractivity contribution is 5.42. The summed E-state index contributed by atoms with van der Waals surface area (Å²) < 4.78 is 16.3. The number of benzene rings is 1. The Morgan fingerprint density at radius 2 is 1.85 bits per heavy atom. The highest BCUT2D eigenvalue weighted by Crippen LogP contribution is 2.28. The van der Waals surface area contributed by atoms with Crippen molar-refractivity contribution in [2.75, 3.05) is 20.8 Å². The highest BCUT2D eigenvalue weighted by Gasteiger charge is 2.23. The van der Waals surface area contributed by atoms with Crippen molar-refractivity contribution in [3.05, 3.63) is 23.8 Å². The minimum atomic E-state index is -0.297. The van der Waals surface area contributed by atoms with E-state index in [1.54, 1.807) is 14.2 Å². The predicted molar refractivity (Wildman–Crippen MR) is 77.5 cm³/mol. The molecule has 2 atom stereocenters. The van der Waals surface area contributed by atoms with Crippen LogP contribution in [0.1, 0.15) is 31.2 Å². The van der Waals surface area contributed by atoms with E-state index in [0.717, 1.165) is 49.2 Å². The molecule has 0 heterocycles. The zero-order chi connectivity index (χ0) is 14.4. The van der Waals surface area contributed by atoms with Crippen molar-refractivity contribution < 1.29 is 19.3 Å². The molecule has 1 aromatic carbocycles. The Labute approximate surface area is 120 Å². The maximum atomic E-state index is 9.86. The van der Waals surface area contributed by atoms with E-state index in [0.29, 0.717) is 6.61 Å². The second-order valence-electron chi connectivity index (χ2n) is 5.20. The molecular formula is C16H24O4. The fraction of sp³-hybridized carbons (Fsp3) is 0.625. The molecule has 1 fully saturated rings. The van der Waals surface area contributed by atoms with E-state index < -0.39 is 0 Å². The molecule has 1 aliphatic carbocycles. The monoisotopic (exact) mass is 280 g/mol. The van der Waals surface area contributed by atoms with Crippen LogP contribution in [0.3, 0.4) is 0 Å². The van der Waals surface area contributed by atoms with Gasteiger partial charge in [0.25, 0.3) is 0 Å². The summed E-state index contributed by atoms with van der Waals surface area (Å²) in [5, 5.41) is 9.86. The molecule has 1 N–H and O–H groups in total. The van der Waals surface area contributed by atoms with Gasteiger partial charge in [0, 0.05) is 0 Å². The van der Waals surface area contributed by atoms with Gasteiger partial charge in [0.15, 0.2) is 11.5 Å². The Morgan fingerprint density at radius 1 is 1.10 bits per heavy atom. The molecule has 0 saturated heterocycles. The van der Waals surface area contributed by atoms with Gasteiger partial charge >= 0.3 is 0 Å². The van der Waals surface area contributed by atoms with Crippen LogP contribution in [0.25, 0.3) is 0 Å². The zero-order valence-electron chi connectivity index (χ0n) is 12.3. The molecule has 0 amide bonds. The minimum Gasteiger partial charge on any atom is -0.493 e. The van der Waals surface area contributed by atoms with E-state index in [9.17, 15) is 5.11 Å². The Morgan fingerprint density at radius 3 is 2.55 bits per heavy atom. The van der Waals surface area contributed by atoms with Gasteiger partial charge in [-0.05, 0) is 37.0 Å². The lowest BCUT2D eigenvalue weighted by Gasteiger charge is -2.27. The topological polar surface area (TPSA) is 47.9 Å². The van der Waals surface area contributed by atoms with E-state index in [1.807, 2.05) is 18.2 Å². The van der Waals surface area contributed by atoms with Gasteiger partial charge in [-0.1, -0.05) is 18.9 Å². The van der Waals surface area contributed by atoms with E-state index in [-0.39, 0.29) is 12.2 Å². The molecule has 1 unspecified atom stereocenters. The maximum Gasteiger partial charge on any atom is 0.160 e. The Kier molecular flexibility index (Phi) is 5.68. The van der Waals surface area contributed by atoms with Crippen molar-refractivity contribution in [3.63, 3.8) is 0 Å². The summed E-state index contributed by atoms with van der Waals surface area (Å²) in [5.41, 5.74) is 1.15. The number of hydrogen-bond acceptors (Lipinski definition) is 4. The predicted octanol–water partition coefficient (Wildman–Crippen LogP) is 2.57. The van der Waals surface area contributed by atoms with Crippen molar-refractivity contribution in [3.8, 4) is 11.5 Å². The molecule has 20 heavy (non-hydrogen) atoms. The Bertz CT molecular complexity index is 419. The van der Waals surface area contributed by atoms with Gasteiger partial charge in [-0.3, -0.25) is 0 Å². The van der Waals surface area contributed by atoms with Crippen LogP contribution in [-0.2, 0) is 11.2 Å². The SMILES string of the molecule is COc1ccc(CCOC2CCCC[C@H]2O)cc1OC. The lowest BCUT2D eigenvalue weighted by molar-refractivity contribution is -0.0575. The van der Waals surface area contributed by atoms with Crippen LogP contribution < -0.4 is 9.47 Å². The van der Waals surface area contributed by atoms with E-state index >= 15 is 0 Å². The first kappa shape index (κ1) is 15.1. The number of hydrogen-bond donors (Lipinski definition) is 1. The average molecular weight is 280 g/mol. The number of methoxy groups -OCH3 is 2. The molecule has 0 spiro atoms. The maximum absolute atomic E-state index is 9.86.